The maximum absolute atomic E-state index is 9.92. The summed E-state index contributed by atoms with van der Waals surface area (Å²) in [7, 11) is 0. The highest BCUT2D eigenvalue weighted by Gasteiger charge is 2.21. The molecule has 8 heteroatoms. The Hall–Kier alpha value is -0.590. The Labute approximate surface area is 147 Å². The summed E-state index contributed by atoms with van der Waals surface area (Å²) in [6.45, 7) is 1.89. The first kappa shape index (κ1) is 19.5. The number of hydrogen-bond acceptors (Lipinski definition) is 4. The third kappa shape index (κ3) is 4.46. The predicted molar refractivity (Wildman–Crippen MR) is 93.3 cm³/mol. The highest BCUT2D eigenvalue weighted by atomic mass is 35.5. The monoisotopic (exact) mass is 366 g/mol. The summed E-state index contributed by atoms with van der Waals surface area (Å²) in [4.78, 5) is 8.44. The molecule has 1 saturated heterocycles. The van der Waals surface area contributed by atoms with Crippen molar-refractivity contribution >= 4 is 47.4 Å². The average Bonchev–Trinajstić information content (AvgIpc) is 2.83. The largest absolute Gasteiger partial charge is 0.392 e. The second kappa shape index (κ2) is 8.89. The van der Waals surface area contributed by atoms with Crippen LogP contribution in [-0.4, -0.2) is 38.3 Å². The number of piperidine rings is 1. The second-order valence-electron chi connectivity index (χ2n) is 5.35. The number of pyridine rings is 1. The fourth-order valence-electron chi connectivity index (χ4n) is 2.82. The predicted octanol–water partition coefficient (Wildman–Crippen LogP) is 2.82. The Balaban J connectivity index is 0.00000121. The zero-order valence-electron chi connectivity index (χ0n) is 12.1. The SMILES string of the molecule is Cl.Cl.O[C@H]1CCCN[C@@H]1CCCn1cnc2cc(Cl)ncc21. The number of nitrogens with zero attached hydrogens (tertiary/aromatic N) is 3. The van der Waals surface area contributed by atoms with Crippen molar-refractivity contribution < 1.29 is 5.11 Å². The van der Waals surface area contributed by atoms with Gasteiger partial charge in [-0.2, -0.15) is 0 Å². The number of aromatic nitrogens is 3. The van der Waals surface area contributed by atoms with E-state index in [0.717, 1.165) is 49.8 Å². The van der Waals surface area contributed by atoms with E-state index in [9.17, 15) is 5.11 Å². The molecule has 124 valence electrons. The van der Waals surface area contributed by atoms with Gasteiger partial charge < -0.3 is 15.0 Å². The fraction of sp³-hybridized carbons (Fsp3) is 0.571. The molecule has 0 aliphatic carbocycles. The Kier molecular flexibility index (Phi) is 7.86. The molecule has 2 atom stereocenters. The van der Waals surface area contributed by atoms with Gasteiger partial charge in [-0.05, 0) is 32.2 Å². The van der Waals surface area contributed by atoms with Gasteiger partial charge in [-0.25, -0.2) is 9.97 Å². The molecule has 0 aromatic carbocycles. The number of aliphatic hydroxyl groups excluding tert-OH is 1. The molecular formula is C14H21Cl3N4O. The maximum atomic E-state index is 9.92. The lowest BCUT2D eigenvalue weighted by molar-refractivity contribution is 0.0909. The van der Waals surface area contributed by atoms with Crippen LogP contribution in [0.4, 0.5) is 0 Å². The van der Waals surface area contributed by atoms with Crippen molar-refractivity contribution in [3.8, 4) is 0 Å². The standard InChI is InChI=1S/C14H19ClN4O.2ClH/c15-14-7-11-12(8-17-14)19(9-18-11)6-2-3-10-13(20)4-1-5-16-10;;/h7-10,13,16,20H,1-6H2;2*1H/t10-,13+;;/m1../s1. The molecule has 2 aromatic rings. The van der Waals surface area contributed by atoms with E-state index >= 15 is 0 Å². The lowest BCUT2D eigenvalue weighted by Gasteiger charge is -2.28. The molecule has 22 heavy (non-hydrogen) atoms. The van der Waals surface area contributed by atoms with Crippen LogP contribution in [0.5, 0.6) is 0 Å². The van der Waals surface area contributed by atoms with Gasteiger partial charge in [-0.1, -0.05) is 11.6 Å². The van der Waals surface area contributed by atoms with Gasteiger partial charge in [0.1, 0.15) is 5.15 Å². The van der Waals surface area contributed by atoms with Gasteiger partial charge in [-0.15, -0.1) is 24.8 Å². The van der Waals surface area contributed by atoms with Crippen LogP contribution in [0.15, 0.2) is 18.6 Å². The van der Waals surface area contributed by atoms with Gasteiger partial charge in [0, 0.05) is 18.7 Å². The molecule has 1 aliphatic rings. The second-order valence-corrected chi connectivity index (χ2v) is 5.73. The summed E-state index contributed by atoms with van der Waals surface area (Å²) in [6, 6.07) is 2.01. The minimum atomic E-state index is -0.205. The molecule has 5 nitrogen and oxygen atoms in total. The topological polar surface area (TPSA) is 63.0 Å². The lowest BCUT2D eigenvalue weighted by atomic mass is 9.97. The number of aliphatic hydroxyl groups is 1. The molecule has 0 unspecified atom stereocenters. The minimum Gasteiger partial charge on any atom is -0.392 e. The summed E-state index contributed by atoms with van der Waals surface area (Å²) in [5.41, 5.74) is 1.88. The lowest BCUT2D eigenvalue weighted by Crippen LogP contribution is -2.44. The molecular weight excluding hydrogens is 347 g/mol. The van der Waals surface area contributed by atoms with Gasteiger partial charge in [0.25, 0.3) is 0 Å². The van der Waals surface area contributed by atoms with Crippen LogP contribution >= 0.6 is 36.4 Å². The van der Waals surface area contributed by atoms with Crippen molar-refractivity contribution in [3.05, 3.63) is 23.7 Å². The third-order valence-electron chi connectivity index (χ3n) is 3.94. The first-order valence-electron chi connectivity index (χ1n) is 7.12. The summed E-state index contributed by atoms with van der Waals surface area (Å²) in [5.74, 6) is 0. The number of imidazole rings is 1. The van der Waals surface area contributed by atoms with Crippen LogP contribution in [-0.2, 0) is 6.54 Å². The third-order valence-corrected chi connectivity index (χ3v) is 4.14. The molecule has 0 bridgehead atoms. The average molecular weight is 368 g/mol. The zero-order chi connectivity index (χ0) is 13.9. The Morgan fingerprint density at radius 2 is 2.18 bits per heavy atom. The van der Waals surface area contributed by atoms with Gasteiger partial charge in [-0.3, -0.25) is 0 Å². The molecule has 2 aromatic heterocycles. The number of aryl methyl sites for hydroxylation is 1. The molecule has 0 spiro atoms. The van der Waals surface area contributed by atoms with E-state index in [0.29, 0.717) is 5.15 Å². The molecule has 0 radical (unpaired) electrons. The van der Waals surface area contributed by atoms with Crippen molar-refractivity contribution in [1.82, 2.24) is 19.9 Å². The highest BCUT2D eigenvalue weighted by molar-refractivity contribution is 6.29. The number of hydrogen-bond donors (Lipinski definition) is 2. The molecule has 0 saturated carbocycles. The van der Waals surface area contributed by atoms with E-state index in [2.05, 4.69) is 19.9 Å². The number of rotatable bonds is 4. The summed E-state index contributed by atoms with van der Waals surface area (Å²) in [5, 5.41) is 13.8. The van der Waals surface area contributed by atoms with E-state index in [4.69, 9.17) is 11.6 Å². The van der Waals surface area contributed by atoms with Gasteiger partial charge in [0.15, 0.2) is 0 Å². The first-order valence-corrected chi connectivity index (χ1v) is 7.49. The minimum absolute atomic E-state index is 0. The number of nitrogens with one attached hydrogen (secondary N) is 1. The van der Waals surface area contributed by atoms with Gasteiger partial charge >= 0.3 is 0 Å². The Bertz CT molecular complexity index is 592. The van der Waals surface area contributed by atoms with E-state index in [1.54, 1.807) is 12.3 Å². The van der Waals surface area contributed by atoms with Gasteiger partial charge in [0.05, 0.1) is 29.7 Å². The van der Waals surface area contributed by atoms with Crippen molar-refractivity contribution in [2.75, 3.05) is 6.54 Å². The summed E-state index contributed by atoms with van der Waals surface area (Å²) >= 11 is 5.85. The molecule has 1 aliphatic heterocycles. The zero-order valence-corrected chi connectivity index (χ0v) is 14.5. The van der Waals surface area contributed by atoms with E-state index in [-0.39, 0.29) is 37.0 Å². The van der Waals surface area contributed by atoms with Crippen LogP contribution in [0.3, 0.4) is 0 Å². The van der Waals surface area contributed by atoms with Crippen LogP contribution in [0.25, 0.3) is 11.0 Å². The molecule has 3 rings (SSSR count). The smallest absolute Gasteiger partial charge is 0.131 e. The summed E-state index contributed by atoms with van der Waals surface area (Å²) in [6.07, 6.45) is 7.34. The van der Waals surface area contributed by atoms with Crippen molar-refractivity contribution in [2.45, 2.75) is 44.4 Å². The number of halogens is 3. The van der Waals surface area contributed by atoms with Crippen LogP contribution in [0, 0.1) is 0 Å². The first-order chi connectivity index (χ1) is 9.74. The molecule has 2 N–H and O–H groups in total. The number of fused-ring (bicyclic) bond motifs is 1. The van der Waals surface area contributed by atoms with Crippen molar-refractivity contribution in [1.29, 1.82) is 0 Å². The van der Waals surface area contributed by atoms with E-state index < -0.39 is 0 Å². The molecule has 3 heterocycles. The highest BCUT2D eigenvalue weighted by Crippen LogP contribution is 2.17. The Morgan fingerprint density at radius 3 is 2.95 bits per heavy atom. The maximum Gasteiger partial charge on any atom is 0.131 e. The van der Waals surface area contributed by atoms with Crippen molar-refractivity contribution in [3.63, 3.8) is 0 Å². The van der Waals surface area contributed by atoms with E-state index in [1.165, 1.54) is 0 Å². The van der Waals surface area contributed by atoms with Crippen LogP contribution in [0.2, 0.25) is 5.15 Å². The fourth-order valence-corrected chi connectivity index (χ4v) is 2.97. The molecule has 0 amide bonds. The quantitative estimate of drug-likeness (QED) is 0.816. The summed E-state index contributed by atoms with van der Waals surface area (Å²) < 4.78 is 2.09. The van der Waals surface area contributed by atoms with Crippen molar-refractivity contribution in [2.24, 2.45) is 0 Å². The van der Waals surface area contributed by atoms with Crippen LogP contribution < -0.4 is 5.32 Å². The van der Waals surface area contributed by atoms with Gasteiger partial charge in [0.2, 0.25) is 0 Å². The van der Waals surface area contributed by atoms with Crippen LogP contribution in [0.1, 0.15) is 25.7 Å². The molecule has 1 fully saturated rings. The van der Waals surface area contributed by atoms with E-state index in [1.807, 2.05) is 6.33 Å². The normalized spacial score (nSPS) is 21.2. The Morgan fingerprint density at radius 1 is 1.36 bits per heavy atom.